The first-order chi connectivity index (χ1) is 6.40. The Balaban J connectivity index is 4.29. The summed E-state index contributed by atoms with van der Waals surface area (Å²) in [5.41, 5.74) is 0.556. The van der Waals surface area contributed by atoms with Crippen LogP contribution in [0.15, 0.2) is 12.2 Å². The first-order valence-electron chi connectivity index (χ1n) is 5.08. The quantitative estimate of drug-likeness (QED) is 0.539. The highest BCUT2D eigenvalue weighted by Crippen LogP contribution is 2.04. The van der Waals surface area contributed by atoms with Crippen LogP contribution in [-0.4, -0.2) is 30.1 Å². The zero-order valence-corrected chi connectivity index (χ0v) is 9.92. The van der Waals surface area contributed by atoms with Crippen LogP contribution in [0.5, 0.6) is 0 Å². The number of carbonyl (C=O) groups is 1. The average molecular weight is 198 g/mol. The molecule has 0 aliphatic rings. The van der Waals surface area contributed by atoms with Gasteiger partial charge in [-0.05, 0) is 34.2 Å². The van der Waals surface area contributed by atoms with Crippen molar-refractivity contribution in [2.45, 2.75) is 46.3 Å². The maximum atomic E-state index is 11.4. The Morgan fingerprint density at radius 3 is 2.29 bits per heavy atom. The second-order valence-corrected chi connectivity index (χ2v) is 3.94. The standard InChI is InChI=1S/C11H22N2O/c1-7-10(13(6)9(4)5)12-11(14)8(2)3/h9-10H,2,7H2,1,3-6H3,(H,12,14). The molecule has 0 aromatic heterocycles. The van der Waals surface area contributed by atoms with E-state index in [0.717, 1.165) is 6.42 Å². The van der Waals surface area contributed by atoms with Crippen LogP contribution in [0.25, 0.3) is 0 Å². The third kappa shape index (κ3) is 3.92. The summed E-state index contributed by atoms with van der Waals surface area (Å²) in [5.74, 6) is -0.0654. The summed E-state index contributed by atoms with van der Waals surface area (Å²) in [7, 11) is 2.01. The topological polar surface area (TPSA) is 32.3 Å². The van der Waals surface area contributed by atoms with Gasteiger partial charge in [0.25, 0.3) is 0 Å². The molecule has 0 aliphatic heterocycles. The van der Waals surface area contributed by atoms with Crippen LogP contribution in [0.2, 0.25) is 0 Å². The highest BCUT2D eigenvalue weighted by molar-refractivity contribution is 5.92. The lowest BCUT2D eigenvalue weighted by atomic mass is 10.2. The first kappa shape index (κ1) is 13.2. The number of nitrogens with zero attached hydrogens (tertiary/aromatic N) is 1. The Hall–Kier alpha value is -0.830. The molecule has 0 bridgehead atoms. The molecule has 0 saturated carbocycles. The Labute approximate surface area is 87.2 Å². The molecule has 1 amide bonds. The fourth-order valence-corrected chi connectivity index (χ4v) is 1.13. The van der Waals surface area contributed by atoms with E-state index < -0.39 is 0 Å². The Morgan fingerprint density at radius 1 is 1.50 bits per heavy atom. The van der Waals surface area contributed by atoms with Gasteiger partial charge in [-0.15, -0.1) is 0 Å². The van der Waals surface area contributed by atoms with E-state index in [1.807, 2.05) is 7.05 Å². The van der Waals surface area contributed by atoms with Crippen LogP contribution in [0.4, 0.5) is 0 Å². The van der Waals surface area contributed by atoms with Crippen LogP contribution >= 0.6 is 0 Å². The number of amides is 1. The number of carbonyl (C=O) groups excluding carboxylic acids is 1. The lowest BCUT2D eigenvalue weighted by Gasteiger charge is -2.31. The molecular weight excluding hydrogens is 176 g/mol. The van der Waals surface area contributed by atoms with E-state index in [0.29, 0.717) is 11.6 Å². The highest BCUT2D eigenvalue weighted by Gasteiger charge is 2.17. The number of rotatable bonds is 5. The third-order valence-electron chi connectivity index (χ3n) is 2.38. The zero-order valence-electron chi connectivity index (χ0n) is 9.92. The van der Waals surface area contributed by atoms with E-state index in [2.05, 4.69) is 37.6 Å². The summed E-state index contributed by atoms with van der Waals surface area (Å²) in [6, 6.07) is 0.422. The molecule has 0 aliphatic carbocycles. The Morgan fingerprint density at radius 2 is 2.00 bits per heavy atom. The van der Waals surface area contributed by atoms with Crippen LogP contribution in [-0.2, 0) is 4.79 Å². The first-order valence-corrected chi connectivity index (χ1v) is 5.08. The van der Waals surface area contributed by atoms with E-state index in [4.69, 9.17) is 0 Å². The summed E-state index contributed by atoms with van der Waals surface area (Å²) < 4.78 is 0. The molecule has 14 heavy (non-hydrogen) atoms. The summed E-state index contributed by atoms with van der Waals surface area (Å²) >= 11 is 0. The molecule has 3 heteroatoms. The fraction of sp³-hybridized carbons (Fsp3) is 0.727. The van der Waals surface area contributed by atoms with Gasteiger partial charge in [-0.2, -0.15) is 0 Å². The van der Waals surface area contributed by atoms with Crippen molar-refractivity contribution in [1.29, 1.82) is 0 Å². The summed E-state index contributed by atoms with van der Waals surface area (Å²) in [6.07, 6.45) is 0.993. The monoisotopic (exact) mass is 198 g/mol. The third-order valence-corrected chi connectivity index (χ3v) is 2.38. The number of hydrogen-bond acceptors (Lipinski definition) is 2. The summed E-state index contributed by atoms with van der Waals surface area (Å²) in [5, 5.41) is 2.93. The number of hydrogen-bond donors (Lipinski definition) is 1. The molecule has 3 nitrogen and oxygen atoms in total. The Kier molecular flexibility index (Phi) is 5.46. The molecule has 0 spiro atoms. The van der Waals surface area contributed by atoms with Gasteiger partial charge in [0.05, 0.1) is 6.17 Å². The smallest absolute Gasteiger partial charge is 0.247 e. The molecule has 0 radical (unpaired) electrons. The Bertz CT molecular complexity index is 211. The van der Waals surface area contributed by atoms with E-state index in [-0.39, 0.29) is 12.1 Å². The summed E-state index contributed by atoms with van der Waals surface area (Å²) in [4.78, 5) is 13.5. The lowest BCUT2D eigenvalue weighted by molar-refractivity contribution is -0.119. The van der Waals surface area contributed by atoms with Crippen molar-refractivity contribution in [1.82, 2.24) is 10.2 Å². The molecule has 1 unspecified atom stereocenters. The van der Waals surface area contributed by atoms with Crippen molar-refractivity contribution in [2.75, 3.05) is 7.05 Å². The van der Waals surface area contributed by atoms with E-state index in [1.165, 1.54) is 0 Å². The summed E-state index contributed by atoms with van der Waals surface area (Å²) in [6.45, 7) is 11.6. The van der Waals surface area contributed by atoms with Gasteiger partial charge in [-0.25, -0.2) is 0 Å². The number of nitrogens with one attached hydrogen (secondary N) is 1. The van der Waals surface area contributed by atoms with Gasteiger partial charge in [-0.3, -0.25) is 9.69 Å². The van der Waals surface area contributed by atoms with Gasteiger partial charge in [-0.1, -0.05) is 13.5 Å². The highest BCUT2D eigenvalue weighted by atomic mass is 16.1. The zero-order chi connectivity index (χ0) is 11.3. The molecule has 0 heterocycles. The minimum Gasteiger partial charge on any atom is -0.337 e. The average Bonchev–Trinajstić information content (AvgIpc) is 2.12. The predicted molar refractivity (Wildman–Crippen MR) is 59.9 cm³/mol. The van der Waals surface area contributed by atoms with Gasteiger partial charge in [0.2, 0.25) is 5.91 Å². The normalized spacial score (nSPS) is 13.1. The van der Waals surface area contributed by atoms with E-state index in [9.17, 15) is 4.79 Å². The molecule has 1 N–H and O–H groups in total. The van der Waals surface area contributed by atoms with Crippen LogP contribution in [0.1, 0.15) is 34.1 Å². The second kappa shape index (κ2) is 5.81. The van der Waals surface area contributed by atoms with Crippen molar-refractivity contribution in [2.24, 2.45) is 0 Å². The van der Waals surface area contributed by atoms with E-state index in [1.54, 1.807) is 6.92 Å². The fourth-order valence-electron chi connectivity index (χ4n) is 1.13. The molecule has 82 valence electrons. The maximum Gasteiger partial charge on any atom is 0.247 e. The minimum absolute atomic E-state index is 0.0654. The minimum atomic E-state index is -0.0654. The van der Waals surface area contributed by atoms with Crippen molar-refractivity contribution in [3.05, 3.63) is 12.2 Å². The maximum absolute atomic E-state index is 11.4. The molecule has 0 saturated heterocycles. The van der Waals surface area contributed by atoms with Crippen molar-refractivity contribution in [3.8, 4) is 0 Å². The van der Waals surface area contributed by atoms with Gasteiger partial charge in [0.15, 0.2) is 0 Å². The molecule has 0 fully saturated rings. The predicted octanol–water partition coefficient (Wildman–Crippen LogP) is 1.75. The van der Waals surface area contributed by atoms with Gasteiger partial charge in [0.1, 0.15) is 0 Å². The second-order valence-electron chi connectivity index (χ2n) is 3.94. The molecule has 1 atom stereocenters. The van der Waals surface area contributed by atoms with Crippen LogP contribution < -0.4 is 5.32 Å². The molecule has 0 rings (SSSR count). The van der Waals surface area contributed by atoms with Crippen LogP contribution in [0.3, 0.4) is 0 Å². The SMILES string of the molecule is C=C(C)C(=O)NC(CC)N(C)C(C)C. The largest absolute Gasteiger partial charge is 0.337 e. The van der Waals surface area contributed by atoms with Crippen LogP contribution in [0, 0.1) is 0 Å². The van der Waals surface area contributed by atoms with Gasteiger partial charge in [0, 0.05) is 11.6 Å². The van der Waals surface area contributed by atoms with Crippen molar-refractivity contribution in [3.63, 3.8) is 0 Å². The van der Waals surface area contributed by atoms with Crippen molar-refractivity contribution < 1.29 is 4.79 Å². The van der Waals surface area contributed by atoms with Gasteiger partial charge < -0.3 is 5.32 Å². The van der Waals surface area contributed by atoms with Gasteiger partial charge >= 0.3 is 0 Å². The van der Waals surface area contributed by atoms with Crippen molar-refractivity contribution >= 4 is 5.91 Å². The molecule has 0 aromatic rings. The molecular formula is C11H22N2O. The lowest BCUT2D eigenvalue weighted by Crippen LogP contribution is -2.48. The van der Waals surface area contributed by atoms with E-state index >= 15 is 0 Å². The molecule has 0 aromatic carbocycles.